The van der Waals surface area contributed by atoms with E-state index in [0.717, 1.165) is 0 Å². The van der Waals surface area contributed by atoms with Crippen LogP contribution in [0, 0.1) is 0 Å². The monoisotopic (exact) mass is 316 g/mol. The number of para-hydroxylation sites is 4. The van der Waals surface area contributed by atoms with Crippen LogP contribution >= 0.6 is 0 Å². The fourth-order valence-corrected chi connectivity index (χ4v) is 6.92. The Morgan fingerprint density at radius 2 is 0.870 bits per heavy atom. The van der Waals surface area contributed by atoms with E-state index in [1.807, 2.05) is 0 Å². The molecule has 0 unspecified atom stereocenters. The van der Waals surface area contributed by atoms with Crippen molar-refractivity contribution < 1.29 is 0 Å². The molecule has 3 aromatic rings. The summed E-state index contributed by atoms with van der Waals surface area (Å²) in [6.07, 6.45) is 0. The predicted molar refractivity (Wildman–Crippen MR) is 101 cm³/mol. The normalized spacial score (nSPS) is 15.6. The van der Waals surface area contributed by atoms with Crippen molar-refractivity contribution in [3.63, 3.8) is 0 Å². The average Bonchev–Trinajstić information content (AvgIpc) is 2.82. The molecule has 2 nitrogen and oxygen atoms in total. The van der Waals surface area contributed by atoms with Crippen molar-refractivity contribution in [2.75, 3.05) is 9.13 Å². The van der Waals surface area contributed by atoms with E-state index >= 15 is 0 Å². The maximum absolute atomic E-state index is 2.55. The third-order valence-corrected chi connectivity index (χ3v) is 7.67. The number of hydrogen-bond donors (Lipinski definition) is 0. The molecule has 1 aliphatic heterocycles. The molecule has 0 fully saturated rings. The molecule has 0 bridgehead atoms. The summed E-state index contributed by atoms with van der Waals surface area (Å²) in [5, 5.41) is 0. The SMILES string of the molecule is C[Si]1(C)N(c2ccccc2)c2ccccc2N1c1ccccc1. The zero-order valence-corrected chi connectivity index (χ0v) is 14.5. The summed E-state index contributed by atoms with van der Waals surface area (Å²) in [5.41, 5.74) is 5.16. The zero-order chi connectivity index (χ0) is 15.9. The van der Waals surface area contributed by atoms with Gasteiger partial charge in [0.05, 0.1) is 11.4 Å². The number of benzene rings is 3. The molecule has 1 aliphatic rings. The van der Waals surface area contributed by atoms with E-state index in [2.05, 4.69) is 107 Å². The van der Waals surface area contributed by atoms with Gasteiger partial charge in [-0.15, -0.1) is 0 Å². The topological polar surface area (TPSA) is 6.48 Å². The summed E-state index contributed by atoms with van der Waals surface area (Å²) in [7, 11) is -1.92. The van der Waals surface area contributed by atoms with Crippen LogP contribution in [0.4, 0.5) is 22.7 Å². The molecule has 0 atom stereocenters. The van der Waals surface area contributed by atoms with Crippen molar-refractivity contribution in [3.05, 3.63) is 84.9 Å². The van der Waals surface area contributed by atoms with Crippen molar-refractivity contribution in [1.82, 2.24) is 0 Å². The van der Waals surface area contributed by atoms with E-state index in [1.54, 1.807) is 0 Å². The Morgan fingerprint density at radius 3 is 1.26 bits per heavy atom. The summed E-state index contributed by atoms with van der Waals surface area (Å²) in [6, 6.07) is 30.2. The lowest BCUT2D eigenvalue weighted by molar-refractivity contribution is 1.31. The number of rotatable bonds is 2. The van der Waals surface area contributed by atoms with E-state index in [0.29, 0.717) is 0 Å². The van der Waals surface area contributed by atoms with Crippen molar-refractivity contribution >= 4 is 31.1 Å². The van der Waals surface area contributed by atoms with Gasteiger partial charge < -0.3 is 9.13 Å². The maximum Gasteiger partial charge on any atom is 0.267 e. The molecular weight excluding hydrogens is 296 g/mol. The Bertz CT molecular complexity index is 747. The molecule has 0 saturated heterocycles. The Labute approximate surface area is 138 Å². The van der Waals surface area contributed by atoms with E-state index in [9.17, 15) is 0 Å². The first kappa shape index (κ1) is 14.1. The number of fused-ring (bicyclic) bond motifs is 1. The highest BCUT2D eigenvalue weighted by Gasteiger charge is 2.46. The molecule has 0 radical (unpaired) electrons. The third-order valence-electron chi connectivity index (χ3n) is 4.49. The predicted octanol–water partition coefficient (Wildman–Crippen LogP) is 5.68. The molecule has 3 heteroatoms. The van der Waals surface area contributed by atoms with Crippen LogP contribution in [0.5, 0.6) is 0 Å². The van der Waals surface area contributed by atoms with Crippen LogP contribution in [0.2, 0.25) is 13.1 Å². The van der Waals surface area contributed by atoms with Gasteiger partial charge in [0.15, 0.2) is 0 Å². The molecule has 3 aromatic carbocycles. The van der Waals surface area contributed by atoms with Crippen molar-refractivity contribution in [2.24, 2.45) is 0 Å². The lowest BCUT2D eigenvalue weighted by Crippen LogP contribution is -2.54. The molecule has 0 spiro atoms. The highest BCUT2D eigenvalue weighted by atomic mass is 28.3. The first-order valence-corrected chi connectivity index (χ1v) is 10.9. The van der Waals surface area contributed by atoms with Gasteiger partial charge in [0.25, 0.3) is 8.40 Å². The highest BCUT2D eigenvalue weighted by molar-refractivity contribution is 6.88. The molecule has 0 aliphatic carbocycles. The summed E-state index contributed by atoms with van der Waals surface area (Å²) < 4.78 is 5.10. The molecule has 0 N–H and O–H groups in total. The standard InChI is InChI=1S/C20H20N2Si/c1-23(2)21(17-11-5-3-6-12-17)19-15-9-10-16-20(19)22(23)18-13-7-4-8-14-18/h3-16H,1-2H3. The van der Waals surface area contributed by atoms with Gasteiger partial charge in [-0.05, 0) is 49.5 Å². The van der Waals surface area contributed by atoms with Crippen LogP contribution in [0.25, 0.3) is 0 Å². The van der Waals surface area contributed by atoms with E-state index < -0.39 is 8.40 Å². The second-order valence-corrected chi connectivity index (χ2v) is 10.2. The Hall–Kier alpha value is -2.52. The van der Waals surface area contributed by atoms with Crippen LogP contribution in [0.3, 0.4) is 0 Å². The number of hydrogen-bond acceptors (Lipinski definition) is 2. The summed E-state index contributed by atoms with van der Waals surface area (Å²) in [4.78, 5) is 0. The van der Waals surface area contributed by atoms with Crippen molar-refractivity contribution in [3.8, 4) is 0 Å². The van der Waals surface area contributed by atoms with Crippen LogP contribution in [0.15, 0.2) is 84.9 Å². The maximum atomic E-state index is 2.55. The molecule has 4 rings (SSSR count). The molecule has 23 heavy (non-hydrogen) atoms. The summed E-state index contributed by atoms with van der Waals surface area (Å²) >= 11 is 0. The van der Waals surface area contributed by atoms with E-state index in [1.165, 1.54) is 22.7 Å². The molecule has 114 valence electrons. The fraction of sp³-hybridized carbons (Fsp3) is 0.100. The minimum atomic E-state index is -1.92. The number of anilines is 4. The lowest BCUT2D eigenvalue weighted by Gasteiger charge is -2.38. The van der Waals surface area contributed by atoms with Crippen LogP contribution in [-0.2, 0) is 0 Å². The zero-order valence-electron chi connectivity index (χ0n) is 13.5. The summed E-state index contributed by atoms with van der Waals surface area (Å²) in [5.74, 6) is 0. The average molecular weight is 316 g/mol. The van der Waals surface area contributed by atoms with Gasteiger partial charge in [-0.1, -0.05) is 48.5 Å². The van der Waals surface area contributed by atoms with Gasteiger partial charge in [0.1, 0.15) is 0 Å². The minimum absolute atomic E-state index is 1.27. The van der Waals surface area contributed by atoms with Crippen molar-refractivity contribution in [1.29, 1.82) is 0 Å². The van der Waals surface area contributed by atoms with Crippen LogP contribution < -0.4 is 9.13 Å². The van der Waals surface area contributed by atoms with Crippen LogP contribution in [0.1, 0.15) is 0 Å². The molecule has 0 amide bonds. The minimum Gasteiger partial charge on any atom is -0.349 e. The second kappa shape index (κ2) is 5.28. The first-order valence-electron chi connectivity index (χ1n) is 7.99. The largest absolute Gasteiger partial charge is 0.349 e. The Kier molecular flexibility index (Phi) is 3.24. The first-order chi connectivity index (χ1) is 11.2. The second-order valence-electron chi connectivity index (χ2n) is 6.33. The summed E-state index contributed by atoms with van der Waals surface area (Å²) in [6.45, 7) is 4.82. The van der Waals surface area contributed by atoms with Crippen LogP contribution in [-0.4, -0.2) is 8.40 Å². The quantitative estimate of drug-likeness (QED) is 0.561. The smallest absolute Gasteiger partial charge is 0.267 e. The third kappa shape index (κ3) is 2.16. The van der Waals surface area contributed by atoms with Gasteiger partial charge in [0, 0.05) is 11.4 Å². The van der Waals surface area contributed by atoms with Gasteiger partial charge in [-0.3, -0.25) is 0 Å². The number of nitrogens with zero attached hydrogens (tertiary/aromatic N) is 2. The molecule has 1 heterocycles. The molecule has 0 aromatic heterocycles. The van der Waals surface area contributed by atoms with Gasteiger partial charge in [-0.25, -0.2) is 0 Å². The van der Waals surface area contributed by atoms with E-state index in [4.69, 9.17) is 0 Å². The van der Waals surface area contributed by atoms with E-state index in [-0.39, 0.29) is 0 Å². The van der Waals surface area contributed by atoms with Gasteiger partial charge >= 0.3 is 0 Å². The lowest BCUT2D eigenvalue weighted by atomic mass is 10.2. The Balaban J connectivity index is 1.93. The van der Waals surface area contributed by atoms with Gasteiger partial charge in [-0.2, -0.15) is 0 Å². The Morgan fingerprint density at radius 1 is 0.522 bits per heavy atom. The van der Waals surface area contributed by atoms with Gasteiger partial charge in [0.2, 0.25) is 0 Å². The molecule has 0 saturated carbocycles. The van der Waals surface area contributed by atoms with Crippen molar-refractivity contribution in [2.45, 2.75) is 13.1 Å². The molecular formula is C20H20N2Si. The fourth-order valence-electron chi connectivity index (χ4n) is 3.60. The highest BCUT2D eigenvalue weighted by Crippen LogP contribution is 2.50.